The molecule has 3 aliphatic rings. The van der Waals surface area contributed by atoms with E-state index in [9.17, 15) is 15.3 Å². The molecular formula is C19H27NO3. The fourth-order valence-electron chi connectivity index (χ4n) is 6.13. The first-order chi connectivity index (χ1) is 11.0. The molecule has 0 unspecified atom stereocenters. The second kappa shape index (κ2) is 5.12. The summed E-state index contributed by atoms with van der Waals surface area (Å²) in [5.74, 6) is 1.54. The highest BCUT2D eigenvalue weighted by Gasteiger charge is 2.57. The number of aliphatic hydroxyl groups is 1. The van der Waals surface area contributed by atoms with Gasteiger partial charge in [0.05, 0.1) is 6.10 Å². The van der Waals surface area contributed by atoms with Crippen molar-refractivity contribution in [2.45, 2.75) is 57.1 Å². The summed E-state index contributed by atoms with van der Waals surface area (Å²) in [7, 11) is 1.96. The first-order valence-corrected chi connectivity index (χ1v) is 8.85. The first-order valence-electron chi connectivity index (χ1n) is 8.85. The number of aromatic hydroxyl groups is 2. The van der Waals surface area contributed by atoms with Crippen molar-refractivity contribution in [3.63, 3.8) is 0 Å². The predicted octanol–water partition coefficient (Wildman–Crippen LogP) is 2.51. The van der Waals surface area contributed by atoms with Crippen LogP contribution in [0.5, 0.6) is 11.5 Å². The maximum atomic E-state index is 10.5. The lowest BCUT2D eigenvalue weighted by molar-refractivity contribution is 0.0382. The smallest absolute Gasteiger partial charge is 0.157 e. The maximum absolute atomic E-state index is 10.5. The zero-order valence-corrected chi connectivity index (χ0v) is 13.9. The van der Waals surface area contributed by atoms with Gasteiger partial charge in [0.25, 0.3) is 0 Å². The molecule has 1 aromatic carbocycles. The minimum absolute atomic E-state index is 0.00251. The van der Waals surface area contributed by atoms with Gasteiger partial charge in [0.15, 0.2) is 11.5 Å². The highest BCUT2D eigenvalue weighted by molar-refractivity contribution is 5.48. The molecular weight excluding hydrogens is 290 g/mol. The molecule has 1 aromatic rings. The van der Waals surface area contributed by atoms with E-state index >= 15 is 0 Å². The highest BCUT2D eigenvalue weighted by atomic mass is 16.3. The van der Waals surface area contributed by atoms with Crippen LogP contribution in [0.25, 0.3) is 0 Å². The molecule has 0 bridgehead atoms. The molecule has 4 heteroatoms. The Kier molecular flexibility index (Phi) is 3.40. The number of aryl methyl sites for hydroxylation is 1. The van der Waals surface area contributed by atoms with Gasteiger partial charge < -0.3 is 20.6 Å². The second-order valence-corrected chi connectivity index (χ2v) is 8.07. The van der Waals surface area contributed by atoms with Crippen LogP contribution < -0.4 is 5.32 Å². The minimum Gasteiger partial charge on any atom is -0.504 e. The lowest BCUT2D eigenvalue weighted by Crippen LogP contribution is -2.49. The summed E-state index contributed by atoms with van der Waals surface area (Å²) >= 11 is 0. The predicted molar refractivity (Wildman–Crippen MR) is 88.6 cm³/mol. The maximum Gasteiger partial charge on any atom is 0.157 e. The molecule has 4 rings (SSSR count). The van der Waals surface area contributed by atoms with Crippen LogP contribution in [0.2, 0.25) is 0 Å². The molecule has 0 aromatic heterocycles. The molecule has 0 saturated heterocycles. The van der Waals surface area contributed by atoms with E-state index in [4.69, 9.17) is 0 Å². The molecule has 0 spiro atoms. The molecule has 2 saturated carbocycles. The summed E-state index contributed by atoms with van der Waals surface area (Å²) < 4.78 is 0. The van der Waals surface area contributed by atoms with Crippen LogP contribution in [0.3, 0.4) is 0 Å². The lowest BCUT2D eigenvalue weighted by atomic mass is 9.55. The minimum atomic E-state index is -0.261. The SMILES string of the molecule is CN[C@H]1[C@H](O)C[C@H]2[C@@H]3CCc4cc(O)c(O)cc4[C@H]3CC[C@@]21C. The van der Waals surface area contributed by atoms with E-state index < -0.39 is 0 Å². The summed E-state index contributed by atoms with van der Waals surface area (Å²) in [6.45, 7) is 2.34. The average molecular weight is 317 g/mol. The Morgan fingerprint density at radius 3 is 2.65 bits per heavy atom. The fourth-order valence-corrected chi connectivity index (χ4v) is 6.13. The van der Waals surface area contributed by atoms with Crippen LogP contribution in [-0.2, 0) is 6.42 Å². The number of rotatable bonds is 1. The van der Waals surface area contributed by atoms with Crippen molar-refractivity contribution >= 4 is 0 Å². The van der Waals surface area contributed by atoms with Gasteiger partial charge in [0.2, 0.25) is 0 Å². The van der Waals surface area contributed by atoms with Gasteiger partial charge in [0, 0.05) is 6.04 Å². The third kappa shape index (κ3) is 2.04. The largest absolute Gasteiger partial charge is 0.504 e. The zero-order valence-electron chi connectivity index (χ0n) is 13.9. The van der Waals surface area contributed by atoms with Gasteiger partial charge in [-0.2, -0.15) is 0 Å². The molecule has 0 heterocycles. The van der Waals surface area contributed by atoms with Gasteiger partial charge in [-0.1, -0.05) is 6.92 Å². The van der Waals surface area contributed by atoms with Crippen molar-refractivity contribution in [2.24, 2.45) is 17.3 Å². The quantitative estimate of drug-likeness (QED) is 0.601. The van der Waals surface area contributed by atoms with Crippen molar-refractivity contribution in [2.75, 3.05) is 7.05 Å². The van der Waals surface area contributed by atoms with E-state index in [2.05, 4.69) is 12.2 Å². The van der Waals surface area contributed by atoms with E-state index in [1.807, 2.05) is 7.05 Å². The molecule has 126 valence electrons. The molecule has 0 amide bonds. The Morgan fingerprint density at radius 2 is 1.91 bits per heavy atom. The van der Waals surface area contributed by atoms with E-state index in [0.29, 0.717) is 17.8 Å². The summed E-state index contributed by atoms with van der Waals surface area (Å²) in [6.07, 6.45) is 4.89. The van der Waals surface area contributed by atoms with Gasteiger partial charge in [-0.15, -0.1) is 0 Å². The van der Waals surface area contributed by atoms with E-state index in [0.717, 1.165) is 32.1 Å². The number of hydrogen-bond acceptors (Lipinski definition) is 4. The monoisotopic (exact) mass is 317 g/mol. The zero-order chi connectivity index (χ0) is 16.4. The van der Waals surface area contributed by atoms with E-state index in [1.165, 1.54) is 11.1 Å². The van der Waals surface area contributed by atoms with Gasteiger partial charge in [-0.3, -0.25) is 0 Å². The number of benzene rings is 1. The fraction of sp³-hybridized carbons (Fsp3) is 0.684. The van der Waals surface area contributed by atoms with E-state index in [1.54, 1.807) is 12.1 Å². The third-order valence-corrected chi connectivity index (χ3v) is 7.16. The molecule has 23 heavy (non-hydrogen) atoms. The number of phenolic OH excluding ortho intramolecular Hbond substituents is 2. The van der Waals surface area contributed by atoms with Gasteiger partial charge in [-0.25, -0.2) is 0 Å². The van der Waals surface area contributed by atoms with Crippen molar-refractivity contribution in [3.05, 3.63) is 23.3 Å². The van der Waals surface area contributed by atoms with Crippen LogP contribution >= 0.6 is 0 Å². The molecule has 0 aliphatic heterocycles. The van der Waals surface area contributed by atoms with E-state index in [-0.39, 0.29) is 29.1 Å². The summed E-state index contributed by atoms with van der Waals surface area (Å²) in [5.41, 5.74) is 2.57. The Balaban J connectivity index is 1.71. The topological polar surface area (TPSA) is 72.7 Å². The molecule has 0 radical (unpaired) electrons. The highest BCUT2D eigenvalue weighted by Crippen LogP contribution is 2.61. The number of nitrogens with one attached hydrogen (secondary N) is 1. The molecule has 6 atom stereocenters. The van der Waals surface area contributed by atoms with Crippen molar-refractivity contribution in [3.8, 4) is 11.5 Å². The van der Waals surface area contributed by atoms with Gasteiger partial charge >= 0.3 is 0 Å². The summed E-state index contributed by atoms with van der Waals surface area (Å²) in [5, 5.41) is 33.6. The Bertz CT molecular complexity index is 631. The standard InChI is InChI=1S/C19H27NO3/c1-19-6-5-11-12(14(19)9-17(23)18(19)20-2)4-3-10-7-15(21)16(22)8-13(10)11/h7-8,11-12,14,17-18,20-23H,3-6,9H2,1-2H3/t11-,12+,14-,17+,18-,19-/m0/s1. The number of hydrogen-bond donors (Lipinski definition) is 4. The number of likely N-dealkylation sites (N-methyl/N-ethyl adjacent to an activating group) is 1. The Morgan fingerprint density at radius 1 is 1.17 bits per heavy atom. The second-order valence-electron chi connectivity index (χ2n) is 8.07. The van der Waals surface area contributed by atoms with Gasteiger partial charge in [0.1, 0.15) is 0 Å². The van der Waals surface area contributed by atoms with Crippen LogP contribution in [0, 0.1) is 17.3 Å². The molecule has 2 fully saturated rings. The number of phenols is 2. The number of aliphatic hydroxyl groups excluding tert-OH is 1. The first kappa shape index (κ1) is 15.3. The molecule has 4 nitrogen and oxygen atoms in total. The summed E-state index contributed by atoms with van der Waals surface area (Å²) in [4.78, 5) is 0. The van der Waals surface area contributed by atoms with Crippen LogP contribution in [0.4, 0.5) is 0 Å². The Hall–Kier alpha value is -1.26. The number of fused-ring (bicyclic) bond motifs is 5. The van der Waals surface area contributed by atoms with Gasteiger partial charge in [-0.05, 0) is 85.6 Å². The van der Waals surface area contributed by atoms with Crippen molar-refractivity contribution in [1.29, 1.82) is 0 Å². The lowest BCUT2D eigenvalue weighted by Gasteiger charge is -2.50. The molecule has 4 N–H and O–H groups in total. The third-order valence-electron chi connectivity index (χ3n) is 7.16. The summed E-state index contributed by atoms with van der Waals surface area (Å²) in [6, 6.07) is 3.71. The van der Waals surface area contributed by atoms with Crippen molar-refractivity contribution < 1.29 is 15.3 Å². The Labute approximate surface area is 137 Å². The van der Waals surface area contributed by atoms with Crippen LogP contribution in [0.15, 0.2) is 12.1 Å². The molecule has 3 aliphatic carbocycles. The van der Waals surface area contributed by atoms with Crippen LogP contribution in [-0.4, -0.2) is 34.5 Å². The normalized spacial score (nSPS) is 42.0. The van der Waals surface area contributed by atoms with Crippen molar-refractivity contribution in [1.82, 2.24) is 5.32 Å². The van der Waals surface area contributed by atoms with Crippen LogP contribution in [0.1, 0.15) is 49.7 Å². The average Bonchev–Trinajstić information content (AvgIpc) is 2.78.